The van der Waals surface area contributed by atoms with Crippen molar-refractivity contribution in [3.8, 4) is 11.5 Å². The van der Waals surface area contributed by atoms with Crippen LogP contribution in [-0.4, -0.2) is 52.0 Å². The zero-order valence-corrected chi connectivity index (χ0v) is 23.1. The summed E-state index contributed by atoms with van der Waals surface area (Å²) in [7, 11) is 3.43. The van der Waals surface area contributed by atoms with Crippen LogP contribution in [-0.2, 0) is 16.1 Å². The molecule has 0 bridgehead atoms. The maximum absolute atomic E-state index is 6.79. The molecule has 1 N–H and O–H groups in total. The molecule has 0 aromatic heterocycles. The number of piperidine rings is 1. The van der Waals surface area contributed by atoms with Crippen LogP contribution in [0.5, 0.6) is 11.5 Å². The minimum Gasteiger partial charge on any atom is -0.496 e. The Morgan fingerprint density at radius 3 is 2.47 bits per heavy atom. The second-order valence-corrected chi connectivity index (χ2v) is 11.0. The zero-order chi connectivity index (χ0) is 26.2. The Bertz CT molecular complexity index is 1090. The van der Waals surface area contributed by atoms with Crippen LogP contribution in [0.3, 0.4) is 0 Å². The molecule has 2 aliphatic heterocycles. The molecule has 6 heteroatoms. The van der Waals surface area contributed by atoms with Gasteiger partial charge in [-0.2, -0.15) is 0 Å². The van der Waals surface area contributed by atoms with Crippen LogP contribution in [0.25, 0.3) is 10.8 Å². The molecule has 206 valence electrons. The van der Waals surface area contributed by atoms with E-state index >= 15 is 0 Å². The molecule has 6 nitrogen and oxygen atoms in total. The lowest BCUT2D eigenvalue weighted by molar-refractivity contribution is -0.0224. The number of aliphatic imine (C=N–C) groups is 1. The average Bonchev–Trinajstić information content (AvgIpc) is 2.99. The Hall–Kier alpha value is -2.41. The fourth-order valence-electron chi connectivity index (χ4n) is 6.47. The van der Waals surface area contributed by atoms with Gasteiger partial charge in [-0.05, 0) is 68.8 Å². The first kappa shape index (κ1) is 27.2. The normalized spacial score (nSPS) is 24.6. The van der Waals surface area contributed by atoms with Crippen molar-refractivity contribution < 1.29 is 18.9 Å². The number of nitrogens with one attached hydrogen (secondary N) is 1. The van der Waals surface area contributed by atoms with Crippen LogP contribution in [0, 0.1) is 11.8 Å². The molecule has 2 fully saturated rings. The SMILES string of the molecule is COc1cc(COC2(C3CCNCC3)C=CC(OCCCC3CCCCC3)N=C2)c(OC)c2ccccc12. The molecule has 1 aliphatic carbocycles. The number of fused-ring (bicyclic) bond motifs is 1. The Balaban J connectivity index is 1.27. The minimum absolute atomic E-state index is 0.227. The van der Waals surface area contributed by atoms with Crippen LogP contribution in [0.15, 0.2) is 47.5 Å². The summed E-state index contributed by atoms with van der Waals surface area (Å²) < 4.78 is 24.5. The Labute approximate surface area is 227 Å². The maximum atomic E-state index is 6.79. The summed E-state index contributed by atoms with van der Waals surface area (Å²) in [6.45, 7) is 3.15. The molecule has 5 rings (SSSR count). The predicted octanol–water partition coefficient (Wildman–Crippen LogP) is 6.46. The van der Waals surface area contributed by atoms with E-state index in [4.69, 9.17) is 23.9 Å². The molecule has 1 saturated heterocycles. The van der Waals surface area contributed by atoms with Gasteiger partial charge in [0.15, 0.2) is 6.23 Å². The van der Waals surface area contributed by atoms with Crippen molar-refractivity contribution in [1.82, 2.24) is 5.32 Å². The minimum atomic E-state index is -0.562. The monoisotopic (exact) mass is 520 g/mol. The van der Waals surface area contributed by atoms with Gasteiger partial charge in [0.2, 0.25) is 0 Å². The van der Waals surface area contributed by atoms with Crippen LogP contribution in [0.4, 0.5) is 0 Å². The Morgan fingerprint density at radius 1 is 0.974 bits per heavy atom. The summed E-state index contributed by atoms with van der Waals surface area (Å²) in [6.07, 6.45) is 17.6. The predicted molar refractivity (Wildman–Crippen MR) is 153 cm³/mol. The fraction of sp³-hybridized carbons (Fsp3) is 0.594. The van der Waals surface area contributed by atoms with Gasteiger partial charge >= 0.3 is 0 Å². The van der Waals surface area contributed by atoms with Gasteiger partial charge in [-0.1, -0.05) is 56.4 Å². The van der Waals surface area contributed by atoms with Gasteiger partial charge in [-0.25, -0.2) is 0 Å². The molecule has 2 heterocycles. The van der Waals surface area contributed by atoms with Gasteiger partial charge < -0.3 is 24.3 Å². The van der Waals surface area contributed by atoms with E-state index in [1.54, 1.807) is 14.2 Å². The number of methoxy groups -OCH3 is 2. The lowest BCUT2D eigenvalue weighted by Crippen LogP contribution is -2.47. The number of hydrogen-bond acceptors (Lipinski definition) is 6. The number of hydrogen-bond donors (Lipinski definition) is 1. The highest BCUT2D eigenvalue weighted by molar-refractivity contribution is 5.94. The number of ether oxygens (including phenoxy) is 4. The molecule has 0 spiro atoms. The molecular formula is C32H44N2O4. The number of dihydropyridines is 1. The molecule has 2 unspecified atom stereocenters. The van der Waals surface area contributed by atoms with Gasteiger partial charge in [0, 0.05) is 29.2 Å². The van der Waals surface area contributed by atoms with Gasteiger partial charge in [-0.15, -0.1) is 0 Å². The van der Waals surface area contributed by atoms with E-state index in [1.807, 2.05) is 24.4 Å². The van der Waals surface area contributed by atoms with Crippen LogP contribution in [0.2, 0.25) is 0 Å². The molecule has 38 heavy (non-hydrogen) atoms. The van der Waals surface area contributed by atoms with Crippen molar-refractivity contribution in [3.63, 3.8) is 0 Å². The number of nitrogens with zero attached hydrogens (tertiary/aromatic N) is 1. The lowest BCUT2D eigenvalue weighted by Gasteiger charge is -2.40. The second-order valence-electron chi connectivity index (χ2n) is 11.0. The molecule has 0 amide bonds. The highest BCUT2D eigenvalue weighted by atomic mass is 16.5. The number of rotatable bonds is 11. The first-order chi connectivity index (χ1) is 18.7. The summed E-state index contributed by atoms with van der Waals surface area (Å²) in [6, 6.07) is 10.2. The quantitative estimate of drug-likeness (QED) is 0.272. The lowest BCUT2D eigenvalue weighted by atomic mass is 9.80. The smallest absolute Gasteiger partial charge is 0.167 e. The van der Waals surface area contributed by atoms with E-state index in [1.165, 1.54) is 38.5 Å². The summed E-state index contributed by atoms with van der Waals surface area (Å²) in [5.74, 6) is 2.90. The summed E-state index contributed by atoms with van der Waals surface area (Å²) in [4.78, 5) is 4.85. The first-order valence-corrected chi connectivity index (χ1v) is 14.5. The third-order valence-electron chi connectivity index (χ3n) is 8.63. The summed E-state index contributed by atoms with van der Waals surface area (Å²) >= 11 is 0. The molecule has 3 aliphatic rings. The van der Waals surface area contributed by atoms with E-state index in [0.717, 1.165) is 72.7 Å². The second kappa shape index (κ2) is 13.1. The van der Waals surface area contributed by atoms with Crippen molar-refractivity contribution in [2.24, 2.45) is 16.8 Å². The van der Waals surface area contributed by atoms with E-state index in [2.05, 4.69) is 29.6 Å². The van der Waals surface area contributed by atoms with Crippen molar-refractivity contribution in [2.75, 3.05) is 33.9 Å². The van der Waals surface area contributed by atoms with Crippen molar-refractivity contribution in [2.45, 2.75) is 76.2 Å². The van der Waals surface area contributed by atoms with E-state index in [-0.39, 0.29) is 6.23 Å². The van der Waals surface area contributed by atoms with Crippen molar-refractivity contribution in [3.05, 3.63) is 48.0 Å². The van der Waals surface area contributed by atoms with Crippen molar-refractivity contribution in [1.29, 1.82) is 0 Å². The largest absolute Gasteiger partial charge is 0.496 e. The van der Waals surface area contributed by atoms with Gasteiger partial charge in [0.25, 0.3) is 0 Å². The van der Waals surface area contributed by atoms with Gasteiger partial charge in [-0.3, -0.25) is 4.99 Å². The third kappa shape index (κ3) is 6.24. The number of benzene rings is 2. The highest BCUT2D eigenvalue weighted by Gasteiger charge is 2.39. The third-order valence-corrected chi connectivity index (χ3v) is 8.63. The molecule has 2 aromatic rings. The maximum Gasteiger partial charge on any atom is 0.167 e. The van der Waals surface area contributed by atoms with Crippen LogP contribution >= 0.6 is 0 Å². The van der Waals surface area contributed by atoms with Gasteiger partial charge in [0.1, 0.15) is 17.1 Å². The van der Waals surface area contributed by atoms with Gasteiger partial charge in [0.05, 0.1) is 20.8 Å². The Kier molecular flexibility index (Phi) is 9.36. The summed E-state index contributed by atoms with van der Waals surface area (Å²) in [5, 5.41) is 5.54. The molecular weight excluding hydrogens is 476 g/mol. The average molecular weight is 521 g/mol. The van der Waals surface area contributed by atoms with E-state index in [0.29, 0.717) is 12.5 Å². The molecule has 0 radical (unpaired) electrons. The summed E-state index contributed by atoms with van der Waals surface area (Å²) in [5.41, 5.74) is 0.410. The van der Waals surface area contributed by atoms with E-state index < -0.39 is 5.60 Å². The molecule has 1 saturated carbocycles. The van der Waals surface area contributed by atoms with Crippen molar-refractivity contribution >= 4 is 17.0 Å². The first-order valence-electron chi connectivity index (χ1n) is 14.5. The fourth-order valence-corrected chi connectivity index (χ4v) is 6.47. The topological polar surface area (TPSA) is 61.3 Å². The molecule has 2 atom stereocenters. The van der Waals surface area contributed by atoms with E-state index in [9.17, 15) is 0 Å². The molecule has 2 aromatic carbocycles. The van der Waals surface area contributed by atoms with Crippen LogP contribution < -0.4 is 14.8 Å². The zero-order valence-electron chi connectivity index (χ0n) is 23.1. The highest BCUT2D eigenvalue weighted by Crippen LogP contribution is 2.39. The standard InChI is InChI=1S/C32H44N2O4/c1-35-29-21-25(31(36-2)28-13-7-6-12-27(28)29)22-38-32(26-15-18-33-19-16-26)17-14-30(34-23-32)37-20-8-11-24-9-4-3-5-10-24/h6-7,12-14,17,21,23-24,26,30,33H,3-5,8-11,15-16,18-20,22H2,1-2H3. The Morgan fingerprint density at radius 2 is 1.76 bits per heavy atom. The van der Waals surface area contributed by atoms with Crippen LogP contribution in [0.1, 0.15) is 63.4 Å².